The fourth-order valence-electron chi connectivity index (χ4n) is 1.73. The van der Waals surface area contributed by atoms with E-state index in [1.54, 1.807) is 0 Å². The predicted molar refractivity (Wildman–Crippen MR) is 55.8 cm³/mol. The molecule has 94 valence electrons. The van der Waals surface area contributed by atoms with Crippen molar-refractivity contribution in [3.8, 4) is 5.88 Å². The van der Waals surface area contributed by atoms with Crippen LogP contribution in [0.1, 0.15) is 18.5 Å². The van der Waals surface area contributed by atoms with Gasteiger partial charge in [-0.3, -0.25) is 0 Å². The van der Waals surface area contributed by atoms with Crippen molar-refractivity contribution < 1.29 is 17.9 Å². The molecule has 0 aliphatic carbocycles. The highest BCUT2D eigenvalue weighted by Gasteiger charge is 2.32. The maximum absolute atomic E-state index is 12.4. The number of hydrogen-bond donors (Lipinski definition) is 1. The van der Waals surface area contributed by atoms with E-state index in [1.165, 1.54) is 12.1 Å². The lowest BCUT2D eigenvalue weighted by Crippen LogP contribution is -2.37. The Morgan fingerprint density at radius 2 is 2.18 bits per heavy atom. The Balaban J connectivity index is 2.05. The van der Waals surface area contributed by atoms with Crippen LogP contribution in [0.25, 0.3) is 0 Å². The lowest BCUT2D eigenvalue weighted by Gasteiger charge is -2.23. The van der Waals surface area contributed by atoms with Gasteiger partial charge in [-0.25, -0.2) is 4.98 Å². The van der Waals surface area contributed by atoms with Crippen molar-refractivity contribution in [1.29, 1.82) is 0 Å². The molecule has 1 aromatic heterocycles. The Morgan fingerprint density at radius 1 is 1.35 bits per heavy atom. The molecule has 1 aliphatic heterocycles. The van der Waals surface area contributed by atoms with Crippen LogP contribution < -0.4 is 10.1 Å². The summed E-state index contributed by atoms with van der Waals surface area (Å²) in [6, 6.07) is 3.69. The van der Waals surface area contributed by atoms with Gasteiger partial charge < -0.3 is 10.1 Å². The lowest BCUT2D eigenvalue weighted by atomic mass is 10.1. The third-order valence-electron chi connectivity index (χ3n) is 2.55. The minimum absolute atomic E-state index is 0.0357. The molecule has 3 nitrogen and oxygen atoms in total. The van der Waals surface area contributed by atoms with Crippen molar-refractivity contribution in [2.75, 3.05) is 13.1 Å². The second-order valence-corrected chi connectivity index (χ2v) is 3.95. The van der Waals surface area contributed by atoms with E-state index in [0.29, 0.717) is 6.54 Å². The summed E-state index contributed by atoms with van der Waals surface area (Å²) in [5, 5.41) is 3.12. The number of aromatic nitrogens is 1. The molecule has 0 radical (unpaired) electrons. The number of nitrogens with zero attached hydrogens (tertiary/aromatic N) is 1. The van der Waals surface area contributed by atoms with Gasteiger partial charge >= 0.3 is 6.18 Å². The van der Waals surface area contributed by atoms with Crippen LogP contribution in [0, 0.1) is 0 Å². The van der Waals surface area contributed by atoms with E-state index in [0.717, 1.165) is 25.5 Å². The van der Waals surface area contributed by atoms with E-state index in [1.807, 2.05) is 0 Å². The highest BCUT2D eigenvalue weighted by molar-refractivity contribution is 5.18. The van der Waals surface area contributed by atoms with Gasteiger partial charge in [0.15, 0.2) is 0 Å². The van der Waals surface area contributed by atoms with Crippen molar-refractivity contribution >= 4 is 0 Å². The van der Waals surface area contributed by atoms with E-state index in [9.17, 15) is 13.2 Å². The molecule has 17 heavy (non-hydrogen) atoms. The SMILES string of the molecule is FC(F)(F)c1cccc(OC2CCCNC2)n1. The van der Waals surface area contributed by atoms with E-state index in [-0.39, 0.29) is 12.0 Å². The molecule has 0 amide bonds. The summed E-state index contributed by atoms with van der Waals surface area (Å²) in [5.41, 5.74) is -0.918. The third-order valence-corrected chi connectivity index (χ3v) is 2.55. The number of nitrogens with one attached hydrogen (secondary N) is 1. The molecule has 1 aliphatic rings. The van der Waals surface area contributed by atoms with Gasteiger partial charge in [0.05, 0.1) is 0 Å². The minimum atomic E-state index is -4.43. The van der Waals surface area contributed by atoms with Gasteiger partial charge in [-0.2, -0.15) is 13.2 Å². The van der Waals surface area contributed by atoms with Crippen LogP contribution in [0.15, 0.2) is 18.2 Å². The van der Waals surface area contributed by atoms with Gasteiger partial charge in [0.25, 0.3) is 0 Å². The quantitative estimate of drug-likeness (QED) is 0.868. The molecular formula is C11H13F3N2O. The van der Waals surface area contributed by atoms with E-state index >= 15 is 0 Å². The smallest absolute Gasteiger partial charge is 0.433 e. The number of halogens is 3. The number of ether oxygens (including phenoxy) is 1. The maximum atomic E-state index is 12.4. The highest BCUT2D eigenvalue weighted by Crippen LogP contribution is 2.28. The number of pyridine rings is 1. The fraction of sp³-hybridized carbons (Fsp3) is 0.545. The summed E-state index contributed by atoms with van der Waals surface area (Å²) in [4.78, 5) is 3.46. The van der Waals surface area contributed by atoms with Crippen LogP contribution in [-0.4, -0.2) is 24.2 Å². The third kappa shape index (κ3) is 3.33. The van der Waals surface area contributed by atoms with Crippen LogP contribution in [0.5, 0.6) is 5.88 Å². The Morgan fingerprint density at radius 3 is 2.82 bits per heavy atom. The molecule has 0 spiro atoms. The molecule has 0 bridgehead atoms. The molecule has 2 heterocycles. The van der Waals surface area contributed by atoms with Gasteiger partial charge in [0.2, 0.25) is 5.88 Å². The summed E-state index contributed by atoms with van der Waals surface area (Å²) < 4.78 is 42.7. The van der Waals surface area contributed by atoms with Crippen molar-refractivity contribution in [3.63, 3.8) is 0 Å². The Hall–Kier alpha value is -1.30. The number of piperidine rings is 1. The molecule has 1 N–H and O–H groups in total. The van der Waals surface area contributed by atoms with Crippen LogP contribution in [-0.2, 0) is 6.18 Å². The molecular weight excluding hydrogens is 233 g/mol. The Labute approximate surface area is 97.0 Å². The second kappa shape index (κ2) is 4.91. The summed E-state index contributed by atoms with van der Waals surface area (Å²) >= 11 is 0. The topological polar surface area (TPSA) is 34.1 Å². The molecule has 6 heteroatoms. The van der Waals surface area contributed by atoms with Crippen molar-refractivity contribution in [2.24, 2.45) is 0 Å². The van der Waals surface area contributed by atoms with Crippen molar-refractivity contribution in [2.45, 2.75) is 25.1 Å². The van der Waals surface area contributed by atoms with E-state index in [2.05, 4.69) is 10.3 Å². The van der Waals surface area contributed by atoms with Crippen LogP contribution in [0.3, 0.4) is 0 Å². The standard InChI is InChI=1S/C11H13F3N2O/c12-11(13,14)9-4-1-5-10(16-9)17-8-3-2-6-15-7-8/h1,4-5,8,15H,2-3,6-7H2. The maximum Gasteiger partial charge on any atom is 0.433 e. The first kappa shape index (κ1) is 12.2. The second-order valence-electron chi connectivity index (χ2n) is 3.95. The summed E-state index contributed by atoms with van der Waals surface area (Å²) in [6.07, 6.45) is -2.72. The molecule has 1 atom stereocenters. The van der Waals surface area contributed by atoms with Gasteiger partial charge in [0.1, 0.15) is 11.8 Å². The summed E-state index contributed by atoms with van der Waals surface area (Å²) in [6.45, 7) is 1.58. The van der Waals surface area contributed by atoms with Gasteiger partial charge in [-0.05, 0) is 25.5 Å². The Kier molecular flexibility index (Phi) is 3.51. The van der Waals surface area contributed by atoms with Crippen molar-refractivity contribution in [1.82, 2.24) is 10.3 Å². The first-order chi connectivity index (χ1) is 8.05. The van der Waals surface area contributed by atoms with E-state index < -0.39 is 11.9 Å². The molecule has 1 saturated heterocycles. The van der Waals surface area contributed by atoms with Gasteiger partial charge in [0, 0.05) is 12.6 Å². The Bertz CT molecular complexity index is 375. The predicted octanol–water partition coefficient (Wildman–Crippen LogP) is 2.23. The fourth-order valence-corrected chi connectivity index (χ4v) is 1.73. The van der Waals surface area contributed by atoms with Crippen LogP contribution in [0.2, 0.25) is 0 Å². The number of hydrogen-bond acceptors (Lipinski definition) is 3. The molecule has 0 saturated carbocycles. The normalized spacial score (nSPS) is 21.2. The molecule has 0 aromatic carbocycles. The largest absolute Gasteiger partial charge is 0.473 e. The van der Waals surface area contributed by atoms with Crippen LogP contribution in [0.4, 0.5) is 13.2 Å². The average Bonchev–Trinajstić information content (AvgIpc) is 2.29. The van der Waals surface area contributed by atoms with Gasteiger partial charge in [-0.15, -0.1) is 0 Å². The number of rotatable bonds is 2. The zero-order chi connectivity index (χ0) is 12.3. The lowest BCUT2D eigenvalue weighted by molar-refractivity contribution is -0.141. The van der Waals surface area contributed by atoms with Crippen molar-refractivity contribution in [3.05, 3.63) is 23.9 Å². The molecule has 1 fully saturated rings. The molecule has 2 rings (SSSR count). The average molecular weight is 246 g/mol. The van der Waals surface area contributed by atoms with Gasteiger partial charge in [-0.1, -0.05) is 6.07 Å². The minimum Gasteiger partial charge on any atom is -0.473 e. The van der Waals surface area contributed by atoms with Crippen LogP contribution >= 0.6 is 0 Å². The molecule has 1 unspecified atom stereocenters. The first-order valence-corrected chi connectivity index (χ1v) is 5.47. The first-order valence-electron chi connectivity index (χ1n) is 5.47. The monoisotopic (exact) mass is 246 g/mol. The summed E-state index contributed by atoms with van der Waals surface area (Å²) in [7, 11) is 0. The zero-order valence-corrected chi connectivity index (χ0v) is 9.13. The summed E-state index contributed by atoms with van der Waals surface area (Å²) in [5.74, 6) is 0.0357. The highest BCUT2D eigenvalue weighted by atomic mass is 19.4. The van der Waals surface area contributed by atoms with E-state index in [4.69, 9.17) is 4.74 Å². The number of alkyl halides is 3. The zero-order valence-electron chi connectivity index (χ0n) is 9.13. The molecule has 1 aromatic rings.